The summed E-state index contributed by atoms with van der Waals surface area (Å²) in [5.74, 6) is -0.599. The van der Waals surface area contributed by atoms with E-state index in [2.05, 4.69) is 86.8 Å². The highest BCUT2D eigenvalue weighted by Crippen LogP contribution is 2.38. The van der Waals surface area contributed by atoms with Crippen molar-refractivity contribution in [3.63, 3.8) is 0 Å². The molecule has 0 aromatic heterocycles. The summed E-state index contributed by atoms with van der Waals surface area (Å²) in [4.78, 5) is 40.1. The number of rotatable bonds is 63. The van der Waals surface area contributed by atoms with Gasteiger partial charge < -0.3 is 28.5 Å². The molecule has 3 unspecified atom stereocenters. The van der Waals surface area contributed by atoms with E-state index in [1.807, 2.05) is 33.3 Å². The summed E-state index contributed by atoms with van der Waals surface area (Å²) in [6, 6.07) is -0.912. The van der Waals surface area contributed by atoms with Crippen molar-refractivity contribution in [1.82, 2.24) is 5.32 Å². The maximum atomic E-state index is 13.6. The van der Waals surface area contributed by atoms with E-state index < -0.39 is 32.5 Å². The number of phosphoric acid groups is 1. The Morgan fingerprint density at radius 3 is 1.18 bits per heavy atom. The maximum Gasteiger partial charge on any atom is 0.306 e. The van der Waals surface area contributed by atoms with Crippen LogP contribution in [-0.2, 0) is 27.9 Å². The van der Waals surface area contributed by atoms with Crippen LogP contribution in [0, 0.1) is 0 Å². The van der Waals surface area contributed by atoms with Gasteiger partial charge in [0.25, 0.3) is 7.82 Å². The first-order valence-corrected chi connectivity index (χ1v) is 36.2. The number of allylic oxidation sites excluding steroid dienone is 11. The van der Waals surface area contributed by atoms with E-state index in [-0.39, 0.29) is 18.9 Å². The summed E-state index contributed by atoms with van der Waals surface area (Å²) in [6.07, 6.45) is 80.5. The average Bonchev–Trinajstić information content (AvgIpc) is 3.44. The number of quaternary nitrogens is 1. The van der Waals surface area contributed by atoms with Crippen LogP contribution in [0.15, 0.2) is 72.9 Å². The summed E-state index contributed by atoms with van der Waals surface area (Å²) >= 11 is 0. The lowest BCUT2D eigenvalue weighted by Crippen LogP contribution is -2.47. The lowest BCUT2D eigenvalue weighted by atomic mass is 10.0. The van der Waals surface area contributed by atoms with Gasteiger partial charge in [-0.3, -0.25) is 14.2 Å². The topological polar surface area (TPSA) is 114 Å². The van der Waals surface area contributed by atoms with E-state index in [4.69, 9.17) is 13.8 Å². The number of amides is 1. The Balaban J connectivity index is 5.06. The molecule has 1 N–H and O–H groups in total. The van der Waals surface area contributed by atoms with Crippen molar-refractivity contribution in [3.05, 3.63) is 72.9 Å². The average molecular weight is 1170 g/mol. The molecule has 9 nitrogen and oxygen atoms in total. The van der Waals surface area contributed by atoms with E-state index in [0.717, 1.165) is 77.0 Å². The molecule has 0 saturated carbocycles. The van der Waals surface area contributed by atoms with Crippen LogP contribution < -0.4 is 10.2 Å². The molecule has 0 aliphatic rings. The number of ether oxygens (including phenoxy) is 1. The summed E-state index contributed by atoms with van der Waals surface area (Å²) < 4.78 is 30.3. The predicted octanol–water partition coefficient (Wildman–Crippen LogP) is 21.3. The van der Waals surface area contributed by atoms with E-state index in [0.29, 0.717) is 23.9 Å². The first-order valence-electron chi connectivity index (χ1n) is 34.7. The highest BCUT2D eigenvalue weighted by atomic mass is 31.2. The molecule has 10 heteroatoms. The second-order valence-corrected chi connectivity index (χ2v) is 26.1. The summed E-state index contributed by atoms with van der Waals surface area (Å²) in [6.45, 7) is 6.73. The lowest BCUT2D eigenvalue weighted by Gasteiger charge is -2.30. The minimum absolute atomic E-state index is 0.0317. The third-order valence-corrected chi connectivity index (χ3v) is 16.4. The standard InChI is InChI=1S/C72H133N2O7P/c1-7-10-13-16-19-22-25-28-30-32-33-34-35-36-37-38-39-40-41-43-44-46-49-52-55-58-61-64-71(75)73-69(68-80-82(77,78)79-67-66-74(4,5)6)70(63-60-57-54-51-48-27-24-21-18-15-12-9-3)81-72(76)65-62-59-56-53-50-47-45-42-31-29-26-23-20-17-14-11-8-2/h11,14,20,23,29,31,45,47,53,56,60,63,69-70H,7-10,12-13,15-19,21-22,24-28,30,32-44,46,48-52,54-55,57-59,61-62,64-68H2,1-6H3,(H-,73,75,77,78)/b14-11-,23-20-,31-29-,47-45-,56-53-,63-60-. The fourth-order valence-electron chi connectivity index (χ4n) is 10.1. The van der Waals surface area contributed by atoms with Gasteiger partial charge in [-0.1, -0.05) is 312 Å². The first kappa shape index (κ1) is 79.5. The Hall–Kier alpha value is -2.55. The number of phosphoric ester groups is 1. The smallest absolute Gasteiger partial charge is 0.306 e. The van der Waals surface area contributed by atoms with Crippen molar-refractivity contribution in [2.45, 2.75) is 335 Å². The van der Waals surface area contributed by atoms with Gasteiger partial charge in [-0.25, -0.2) is 0 Å². The number of carbonyl (C=O) groups is 2. The molecule has 0 saturated heterocycles. The van der Waals surface area contributed by atoms with Crippen LogP contribution in [0.2, 0.25) is 0 Å². The van der Waals surface area contributed by atoms with E-state index >= 15 is 0 Å². The predicted molar refractivity (Wildman–Crippen MR) is 353 cm³/mol. The number of carbonyl (C=O) groups excluding carboxylic acids is 2. The van der Waals surface area contributed by atoms with Crippen molar-refractivity contribution in [2.75, 3.05) is 40.9 Å². The van der Waals surface area contributed by atoms with Crippen molar-refractivity contribution in [3.8, 4) is 0 Å². The highest BCUT2D eigenvalue weighted by Gasteiger charge is 2.27. The number of hydrogen-bond acceptors (Lipinski definition) is 7. The minimum atomic E-state index is -4.72. The molecule has 0 bridgehead atoms. The quantitative estimate of drug-likeness (QED) is 0.0212. The van der Waals surface area contributed by atoms with E-state index in [1.54, 1.807) is 0 Å². The number of likely N-dealkylation sites (N-methyl/N-ethyl adjacent to an activating group) is 1. The molecule has 0 heterocycles. The molecule has 478 valence electrons. The normalized spacial score (nSPS) is 14.0. The van der Waals surface area contributed by atoms with Crippen molar-refractivity contribution in [1.29, 1.82) is 0 Å². The number of unbranched alkanes of at least 4 members (excludes halogenated alkanes) is 37. The van der Waals surface area contributed by atoms with E-state index in [1.165, 1.54) is 205 Å². The number of esters is 1. The van der Waals surface area contributed by atoms with Crippen molar-refractivity contribution < 1.29 is 37.3 Å². The van der Waals surface area contributed by atoms with Gasteiger partial charge in [0.05, 0.1) is 33.8 Å². The molecule has 0 rings (SSSR count). The van der Waals surface area contributed by atoms with Gasteiger partial charge >= 0.3 is 5.97 Å². The zero-order chi connectivity index (χ0) is 60.0. The second kappa shape index (κ2) is 61.5. The maximum absolute atomic E-state index is 13.6. The molecular formula is C72H133N2O7P. The number of hydrogen-bond donors (Lipinski definition) is 1. The van der Waals surface area contributed by atoms with Crippen LogP contribution in [0.25, 0.3) is 0 Å². The minimum Gasteiger partial charge on any atom is -0.756 e. The number of nitrogens with one attached hydrogen (secondary N) is 1. The molecule has 0 aliphatic heterocycles. The fourth-order valence-corrected chi connectivity index (χ4v) is 10.8. The summed E-state index contributed by atoms with van der Waals surface area (Å²) in [5, 5.41) is 3.03. The van der Waals surface area contributed by atoms with Gasteiger partial charge in [0.15, 0.2) is 0 Å². The third kappa shape index (κ3) is 62.0. The van der Waals surface area contributed by atoms with Gasteiger partial charge in [0, 0.05) is 12.8 Å². The zero-order valence-corrected chi connectivity index (χ0v) is 55.6. The van der Waals surface area contributed by atoms with Crippen LogP contribution >= 0.6 is 7.82 Å². The monoisotopic (exact) mass is 1170 g/mol. The zero-order valence-electron chi connectivity index (χ0n) is 54.7. The van der Waals surface area contributed by atoms with Gasteiger partial charge in [0.1, 0.15) is 19.3 Å². The number of nitrogens with zero attached hydrogens (tertiary/aromatic N) is 1. The highest BCUT2D eigenvalue weighted by molar-refractivity contribution is 7.45. The summed E-state index contributed by atoms with van der Waals surface area (Å²) in [5.41, 5.74) is 0. The lowest BCUT2D eigenvalue weighted by molar-refractivity contribution is -0.870. The first-order chi connectivity index (χ1) is 39.9. The molecule has 3 atom stereocenters. The Morgan fingerprint density at radius 1 is 0.439 bits per heavy atom. The largest absolute Gasteiger partial charge is 0.756 e. The fraction of sp³-hybridized carbons (Fsp3) is 0.806. The molecule has 82 heavy (non-hydrogen) atoms. The second-order valence-electron chi connectivity index (χ2n) is 24.7. The van der Waals surface area contributed by atoms with Crippen LogP contribution in [0.1, 0.15) is 323 Å². The third-order valence-electron chi connectivity index (χ3n) is 15.4. The van der Waals surface area contributed by atoms with Gasteiger partial charge in [-0.15, -0.1) is 0 Å². The van der Waals surface area contributed by atoms with Crippen LogP contribution in [0.4, 0.5) is 0 Å². The van der Waals surface area contributed by atoms with Crippen molar-refractivity contribution in [2.24, 2.45) is 0 Å². The van der Waals surface area contributed by atoms with Crippen molar-refractivity contribution >= 4 is 19.7 Å². The van der Waals surface area contributed by atoms with Gasteiger partial charge in [-0.2, -0.15) is 0 Å². The Labute approximate surface area is 508 Å². The molecule has 0 fully saturated rings. The molecule has 0 aliphatic carbocycles. The van der Waals surface area contributed by atoms with Crippen LogP contribution in [0.5, 0.6) is 0 Å². The van der Waals surface area contributed by atoms with Gasteiger partial charge in [-0.05, 0) is 70.3 Å². The molecular weight excluding hydrogens is 1040 g/mol. The molecule has 0 aromatic carbocycles. The molecule has 0 spiro atoms. The van der Waals surface area contributed by atoms with Gasteiger partial charge in [0.2, 0.25) is 5.91 Å². The Kier molecular flexibility index (Phi) is 59.6. The molecule has 0 radical (unpaired) electrons. The van der Waals surface area contributed by atoms with Crippen LogP contribution in [0.3, 0.4) is 0 Å². The Bertz CT molecular complexity index is 1630. The van der Waals surface area contributed by atoms with Crippen LogP contribution in [-0.4, -0.2) is 69.4 Å². The molecule has 1 amide bonds. The Morgan fingerprint density at radius 2 is 0.793 bits per heavy atom. The SMILES string of the molecule is CC/C=C\C/C=C\C/C=C\C/C=C\C/C=C\CCCC(=O)OC(/C=C\CCCCCCCCCCCC)C(COP(=O)([O-])OCC[N+](C)(C)C)NC(=O)CCCCCCCCCCCCCCCCCCCCCCCCCCCCC. The summed E-state index contributed by atoms with van der Waals surface area (Å²) in [7, 11) is 1.16. The van der Waals surface area contributed by atoms with E-state index in [9.17, 15) is 19.0 Å². The molecule has 0 aromatic rings.